The van der Waals surface area contributed by atoms with E-state index in [9.17, 15) is 4.79 Å². The Balaban J connectivity index is 2.49. The monoisotopic (exact) mass is 171 g/mol. The van der Waals surface area contributed by atoms with Gasteiger partial charge in [-0.05, 0) is 26.7 Å². The number of hydrogen-bond acceptors (Lipinski definition) is 3. The highest BCUT2D eigenvalue weighted by Crippen LogP contribution is 2.41. The van der Waals surface area contributed by atoms with Crippen LogP contribution < -0.4 is 5.73 Å². The van der Waals surface area contributed by atoms with E-state index in [1.54, 1.807) is 0 Å². The van der Waals surface area contributed by atoms with Gasteiger partial charge in [0, 0.05) is 6.54 Å². The van der Waals surface area contributed by atoms with Crippen molar-refractivity contribution in [1.82, 2.24) is 0 Å². The topological polar surface area (TPSA) is 52.3 Å². The molecule has 0 radical (unpaired) electrons. The third-order valence-electron chi connectivity index (χ3n) is 2.48. The number of rotatable bonds is 3. The van der Waals surface area contributed by atoms with Crippen LogP contribution in [0.1, 0.15) is 33.1 Å². The number of nitrogens with two attached hydrogens (primary N) is 1. The predicted molar refractivity (Wildman–Crippen MR) is 46.6 cm³/mol. The molecule has 0 bridgehead atoms. The Morgan fingerprint density at radius 1 is 1.58 bits per heavy atom. The summed E-state index contributed by atoms with van der Waals surface area (Å²) in [6, 6.07) is 0. The zero-order valence-corrected chi connectivity index (χ0v) is 7.80. The Kier molecular flexibility index (Phi) is 2.73. The molecule has 12 heavy (non-hydrogen) atoms. The molecule has 0 unspecified atom stereocenters. The molecule has 0 saturated heterocycles. The summed E-state index contributed by atoms with van der Waals surface area (Å²) in [5, 5.41) is 0. The SMILES string of the molecule is CC(C)OC(=O)C1(CN)CCC1. The van der Waals surface area contributed by atoms with E-state index in [-0.39, 0.29) is 17.5 Å². The zero-order valence-electron chi connectivity index (χ0n) is 7.80. The van der Waals surface area contributed by atoms with Crippen molar-refractivity contribution in [2.24, 2.45) is 11.1 Å². The molecule has 1 aliphatic rings. The van der Waals surface area contributed by atoms with Crippen LogP contribution in [0.25, 0.3) is 0 Å². The maximum atomic E-state index is 11.5. The van der Waals surface area contributed by atoms with Gasteiger partial charge in [-0.25, -0.2) is 0 Å². The van der Waals surface area contributed by atoms with E-state index in [1.807, 2.05) is 13.8 Å². The maximum absolute atomic E-state index is 11.5. The van der Waals surface area contributed by atoms with Gasteiger partial charge < -0.3 is 10.5 Å². The molecule has 0 aliphatic heterocycles. The third kappa shape index (κ3) is 1.61. The Bertz CT molecular complexity index is 168. The Morgan fingerprint density at radius 3 is 2.42 bits per heavy atom. The first-order chi connectivity index (χ1) is 5.60. The maximum Gasteiger partial charge on any atom is 0.313 e. The van der Waals surface area contributed by atoms with Gasteiger partial charge in [0.15, 0.2) is 0 Å². The molecular weight excluding hydrogens is 154 g/mol. The van der Waals surface area contributed by atoms with Crippen molar-refractivity contribution >= 4 is 5.97 Å². The molecular formula is C9H17NO2. The van der Waals surface area contributed by atoms with E-state index < -0.39 is 0 Å². The normalized spacial score (nSPS) is 20.3. The standard InChI is InChI=1S/C9H17NO2/c1-7(2)12-8(11)9(6-10)4-3-5-9/h7H,3-6,10H2,1-2H3. The molecule has 0 atom stereocenters. The van der Waals surface area contributed by atoms with Crippen molar-refractivity contribution < 1.29 is 9.53 Å². The van der Waals surface area contributed by atoms with Crippen LogP contribution in [-0.2, 0) is 9.53 Å². The number of esters is 1. The molecule has 1 rings (SSSR count). The molecule has 2 N–H and O–H groups in total. The van der Waals surface area contributed by atoms with E-state index in [1.165, 1.54) is 0 Å². The molecule has 3 nitrogen and oxygen atoms in total. The summed E-state index contributed by atoms with van der Waals surface area (Å²) in [5.41, 5.74) is 5.22. The first kappa shape index (κ1) is 9.52. The average molecular weight is 171 g/mol. The zero-order chi connectivity index (χ0) is 9.19. The van der Waals surface area contributed by atoms with Crippen LogP contribution >= 0.6 is 0 Å². The molecule has 0 aromatic rings. The quantitative estimate of drug-likeness (QED) is 0.646. The molecule has 0 aromatic heterocycles. The smallest absolute Gasteiger partial charge is 0.313 e. The van der Waals surface area contributed by atoms with Crippen LogP contribution in [0, 0.1) is 5.41 Å². The van der Waals surface area contributed by atoms with E-state index in [2.05, 4.69) is 0 Å². The number of hydrogen-bond donors (Lipinski definition) is 1. The first-order valence-corrected chi connectivity index (χ1v) is 4.52. The average Bonchev–Trinajstić information content (AvgIpc) is 1.83. The summed E-state index contributed by atoms with van der Waals surface area (Å²) in [4.78, 5) is 11.5. The first-order valence-electron chi connectivity index (χ1n) is 4.52. The van der Waals surface area contributed by atoms with Gasteiger partial charge in [-0.15, -0.1) is 0 Å². The van der Waals surface area contributed by atoms with Gasteiger partial charge in [0.05, 0.1) is 11.5 Å². The van der Waals surface area contributed by atoms with Crippen molar-refractivity contribution in [3.05, 3.63) is 0 Å². The Hall–Kier alpha value is -0.570. The Morgan fingerprint density at radius 2 is 2.17 bits per heavy atom. The number of carbonyl (C=O) groups excluding carboxylic acids is 1. The minimum absolute atomic E-state index is 0.0264. The van der Waals surface area contributed by atoms with Crippen molar-refractivity contribution in [3.63, 3.8) is 0 Å². The molecule has 1 aliphatic carbocycles. The van der Waals surface area contributed by atoms with Crippen molar-refractivity contribution in [1.29, 1.82) is 0 Å². The second-order valence-corrected chi connectivity index (χ2v) is 3.79. The van der Waals surface area contributed by atoms with Gasteiger partial charge in [-0.3, -0.25) is 4.79 Å². The van der Waals surface area contributed by atoms with Gasteiger partial charge in [-0.2, -0.15) is 0 Å². The summed E-state index contributed by atoms with van der Waals surface area (Å²) in [7, 11) is 0. The highest BCUT2D eigenvalue weighted by atomic mass is 16.5. The van der Waals surface area contributed by atoms with Crippen LogP contribution in [-0.4, -0.2) is 18.6 Å². The molecule has 70 valence electrons. The highest BCUT2D eigenvalue weighted by molar-refractivity contribution is 5.78. The van der Waals surface area contributed by atoms with Crippen molar-refractivity contribution in [2.45, 2.75) is 39.2 Å². The van der Waals surface area contributed by atoms with E-state index in [0.29, 0.717) is 6.54 Å². The van der Waals surface area contributed by atoms with Gasteiger partial charge in [0.2, 0.25) is 0 Å². The summed E-state index contributed by atoms with van der Waals surface area (Å²) >= 11 is 0. The lowest BCUT2D eigenvalue weighted by Gasteiger charge is -2.38. The minimum atomic E-state index is -0.329. The molecule has 1 saturated carbocycles. The number of carbonyl (C=O) groups is 1. The van der Waals surface area contributed by atoms with Crippen molar-refractivity contribution in [3.8, 4) is 0 Å². The van der Waals surface area contributed by atoms with E-state index in [0.717, 1.165) is 19.3 Å². The van der Waals surface area contributed by atoms with Gasteiger partial charge in [0.25, 0.3) is 0 Å². The highest BCUT2D eigenvalue weighted by Gasteiger charge is 2.44. The summed E-state index contributed by atoms with van der Waals surface area (Å²) in [6.45, 7) is 4.15. The van der Waals surface area contributed by atoms with Crippen LogP contribution in [0.4, 0.5) is 0 Å². The lowest BCUT2D eigenvalue weighted by molar-refractivity contribution is -0.164. The fraction of sp³-hybridized carbons (Fsp3) is 0.889. The van der Waals surface area contributed by atoms with E-state index in [4.69, 9.17) is 10.5 Å². The minimum Gasteiger partial charge on any atom is -0.463 e. The van der Waals surface area contributed by atoms with Crippen LogP contribution in [0.2, 0.25) is 0 Å². The summed E-state index contributed by atoms with van der Waals surface area (Å²) in [5.74, 6) is -0.105. The molecule has 0 spiro atoms. The molecule has 0 amide bonds. The molecule has 0 heterocycles. The van der Waals surface area contributed by atoms with Crippen LogP contribution in [0.3, 0.4) is 0 Å². The molecule has 1 fully saturated rings. The van der Waals surface area contributed by atoms with Gasteiger partial charge in [0.1, 0.15) is 0 Å². The summed E-state index contributed by atoms with van der Waals surface area (Å²) < 4.78 is 5.13. The van der Waals surface area contributed by atoms with Gasteiger partial charge >= 0.3 is 5.97 Å². The van der Waals surface area contributed by atoms with Crippen molar-refractivity contribution in [2.75, 3.05) is 6.54 Å². The fourth-order valence-corrected chi connectivity index (χ4v) is 1.43. The molecule has 0 aromatic carbocycles. The van der Waals surface area contributed by atoms with E-state index >= 15 is 0 Å². The summed E-state index contributed by atoms with van der Waals surface area (Å²) in [6.07, 6.45) is 2.87. The second kappa shape index (κ2) is 3.44. The van der Waals surface area contributed by atoms with Crippen LogP contribution in [0.15, 0.2) is 0 Å². The lowest BCUT2D eigenvalue weighted by Crippen LogP contribution is -2.46. The third-order valence-corrected chi connectivity index (χ3v) is 2.48. The van der Waals surface area contributed by atoms with Gasteiger partial charge in [-0.1, -0.05) is 6.42 Å². The molecule has 3 heteroatoms. The van der Waals surface area contributed by atoms with Crippen LogP contribution in [0.5, 0.6) is 0 Å². The lowest BCUT2D eigenvalue weighted by atomic mass is 9.69. The Labute approximate surface area is 73.3 Å². The predicted octanol–water partition coefficient (Wildman–Crippen LogP) is 1.07. The number of ether oxygens (including phenoxy) is 1. The largest absolute Gasteiger partial charge is 0.463 e. The fourth-order valence-electron chi connectivity index (χ4n) is 1.43. The second-order valence-electron chi connectivity index (χ2n) is 3.79.